The first-order valence-corrected chi connectivity index (χ1v) is 17.5. The minimum atomic E-state index is -1.46. The standard InChI is InChI=1S/C37H45N7O10/c1-20-9-10-28(53-36-32(52-24(5)46)30(51-23(4)45)22(3)31(54-36)35(48)50-8)26(17-20)42(7)37(49)44-16-13-25-33(39-19-40-34(25)44)41(6)27-18-43(15-12-21(27)2)29(47)11-14-38/h9-10,13,16-17,19,21-22,27,30-32,36H,11-12,15,18H2,1-8H3/t21-,22+,27?,30+,31+,32-,36-/m1/s1. The highest BCUT2D eigenvalue weighted by Gasteiger charge is 2.52. The number of hydrogen-bond donors (Lipinski definition) is 0. The monoisotopic (exact) mass is 747 g/mol. The number of piperidine rings is 1. The van der Waals surface area contributed by atoms with Gasteiger partial charge < -0.3 is 33.5 Å². The molecule has 17 nitrogen and oxygen atoms in total. The highest BCUT2D eigenvalue weighted by Crippen LogP contribution is 2.37. The second kappa shape index (κ2) is 16.5. The Bertz CT molecular complexity index is 1960. The van der Waals surface area contributed by atoms with Gasteiger partial charge in [0.2, 0.25) is 18.3 Å². The molecule has 288 valence electrons. The van der Waals surface area contributed by atoms with Crippen LogP contribution in [0.1, 0.15) is 46.1 Å². The average molecular weight is 748 g/mol. The fourth-order valence-electron chi connectivity index (χ4n) is 7.00. The molecule has 17 heteroatoms. The summed E-state index contributed by atoms with van der Waals surface area (Å²) in [5, 5.41) is 9.66. The Morgan fingerprint density at radius 3 is 2.41 bits per heavy atom. The van der Waals surface area contributed by atoms with E-state index >= 15 is 0 Å². The maximum absolute atomic E-state index is 14.3. The molecule has 3 aromatic rings. The zero-order valence-electron chi connectivity index (χ0n) is 31.5. The van der Waals surface area contributed by atoms with Crippen LogP contribution in [-0.2, 0) is 38.1 Å². The third-order valence-corrected chi connectivity index (χ3v) is 9.91. The number of amides is 2. The number of aromatic nitrogens is 3. The molecule has 2 fully saturated rings. The third kappa shape index (κ3) is 8.08. The lowest BCUT2D eigenvalue weighted by Crippen LogP contribution is -2.60. The van der Waals surface area contributed by atoms with Crippen molar-refractivity contribution in [3.63, 3.8) is 0 Å². The number of carbonyl (C=O) groups is 5. The smallest absolute Gasteiger partial charge is 0.335 e. The van der Waals surface area contributed by atoms with Gasteiger partial charge in [0, 0.05) is 53.1 Å². The normalized spacial score (nSPS) is 23.8. The first-order valence-electron chi connectivity index (χ1n) is 17.5. The molecule has 0 saturated carbocycles. The number of likely N-dealkylation sites (tertiary alicyclic amines) is 1. The molecule has 54 heavy (non-hydrogen) atoms. The number of methoxy groups -OCH3 is 1. The number of fused-ring (bicyclic) bond motifs is 1. The van der Waals surface area contributed by atoms with E-state index in [-0.39, 0.29) is 30.0 Å². The van der Waals surface area contributed by atoms with Crippen molar-refractivity contribution < 1.29 is 47.7 Å². The van der Waals surface area contributed by atoms with E-state index in [1.165, 1.54) is 36.8 Å². The number of benzene rings is 1. The second-order valence-corrected chi connectivity index (χ2v) is 13.6. The third-order valence-electron chi connectivity index (χ3n) is 9.91. The Labute approximate surface area is 312 Å². The van der Waals surface area contributed by atoms with E-state index in [9.17, 15) is 24.0 Å². The number of nitrogens with zero attached hydrogens (tertiary/aromatic N) is 7. The summed E-state index contributed by atoms with van der Waals surface area (Å²) in [6.07, 6.45) is -1.61. The predicted octanol–water partition coefficient (Wildman–Crippen LogP) is 3.21. The molecule has 2 aliphatic rings. The van der Waals surface area contributed by atoms with Crippen LogP contribution in [0.2, 0.25) is 0 Å². The molecular weight excluding hydrogens is 702 g/mol. The Morgan fingerprint density at radius 2 is 1.74 bits per heavy atom. The van der Waals surface area contributed by atoms with Crippen LogP contribution in [0.4, 0.5) is 16.3 Å². The summed E-state index contributed by atoms with van der Waals surface area (Å²) in [5.41, 5.74) is 1.42. The Morgan fingerprint density at radius 1 is 1.04 bits per heavy atom. The number of rotatable bonds is 9. The summed E-state index contributed by atoms with van der Waals surface area (Å²) in [4.78, 5) is 78.0. The van der Waals surface area contributed by atoms with E-state index in [1.54, 1.807) is 49.3 Å². The Hall–Kier alpha value is -5.76. The fraction of sp³-hybridized carbons (Fsp3) is 0.514. The van der Waals surface area contributed by atoms with Crippen LogP contribution in [0.15, 0.2) is 36.8 Å². The number of aryl methyl sites for hydroxylation is 1. The average Bonchev–Trinajstić information content (AvgIpc) is 3.58. The van der Waals surface area contributed by atoms with Crippen molar-refractivity contribution in [1.82, 2.24) is 19.4 Å². The molecule has 1 aromatic carbocycles. The maximum Gasteiger partial charge on any atom is 0.335 e. The zero-order valence-corrected chi connectivity index (χ0v) is 31.5. The molecule has 0 aliphatic carbocycles. The van der Waals surface area contributed by atoms with Gasteiger partial charge in [0.25, 0.3) is 0 Å². The molecule has 0 N–H and O–H groups in total. The van der Waals surface area contributed by atoms with Crippen LogP contribution in [0.5, 0.6) is 5.75 Å². The summed E-state index contributed by atoms with van der Waals surface area (Å²) in [6.45, 7) is 8.90. The van der Waals surface area contributed by atoms with Gasteiger partial charge in [-0.05, 0) is 43.0 Å². The van der Waals surface area contributed by atoms with E-state index in [0.29, 0.717) is 35.6 Å². The van der Waals surface area contributed by atoms with Crippen LogP contribution in [0, 0.1) is 30.1 Å². The molecule has 1 unspecified atom stereocenters. The Kier molecular flexibility index (Phi) is 12.1. The van der Waals surface area contributed by atoms with E-state index in [4.69, 9.17) is 28.9 Å². The minimum absolute atomic E-state index is 0.103. The number of nitriles is 1. The first kappa shape index (κ1) is 39.4. The van der Waals surface area contributed by atoms with Gasteiger partial charge in [-0.25, -0.2) is 19.6 Å². The summed E-state index contributed by atoms with van der Waals surface area (Å²) in [7, 11) is 4.62. The number of carbonyl (C=O) groups excluding carboxylic acids is 5. The van der Waals surface area contributed by atoms with Crippen molar-refractivity contribution in [2.24, 2.45) is 11.8 Å². The van der Waals surface area contributed by atoms with E-state index in [2.05, 4.69) is 16.9 Å². The van der Waals surface area contributed by atoms with Gasteiger partial charge in [-0.3, -0.25) is 23.9 Å². The molecule has 7 atom stereocenters. The van der Waals surface area contributed by atoms with Gasteiger partial charge in [-0.2, -0.15) is 5.26 Å². The first-order chi connectivity index (χ1) is 25.7. The molecule has 2 amide bonds. The van der Waals surface area contributed by atoms with Gasteiger partial charge in [0.15, 0.2) is 17.9 Å². The summed E-state index contributed by atoms with van der Waals surface area (Å²) >= 11 is 0. The van der Waals surface area contributed by atoms with E-state index in [0.717, 1.165) is 12.0 Å². The van der Waals surface area contributed by atoms with Crippen molar-refractivity contribution in [3.8, 4) is 11.8 Å². The molecular formula is C37H45N7O10. The number of esters is 3. The molecule has 2 aromatic heterocycles. The van der Waals surface area contributed by atoms with Crippen molar-refractivity contribution in [1.29, 1.82) is 5.26 Å². The van der Waals surface area contributed by atoms with Crippen molar-refractivity contribution >= 4 is 52.4 Å². The Balaban J connectivity index is 1.46. The van der Waals surface area contributed by atoms with Crippen LogP contribution in [0.25, 0.3) is 11.0 Å². The quantitative estimate of drug-likeness (QED) is 0.229. The lowest BCUT2D eigenvalue weighted by Gasteiger charge is -2.43. The SMILES string of the molecule is COC(=O)[C@H]1O[C@@H](Oc2ccc(C)cc2N(C)C(=O)n2ccc3c(N(C)C4CN(C(=O)CC#N)CC[C@H]4C)ncnc32)[C@H](OC(C)=O)[C@@H](OC(C)=O)[C@@H]1C. The van der Waals surface area contributed by atoms with Crippen molar-refractivity contribution in [3.05, 3.63) is 42.4 Å². The summed E-state index contributed by atoms with van der Waals surface area (Å²) < 4.78 is 29.7. The molecule has 0 bridgehead atoms. The van der Waals surface area contributed by atoms with Gasteiger partial charge in [0.05, 0.1) is 30.3 Å². The van der Waals surface area contributed by atoms with Gasteiger partial charge in [-0.15, -0.1) is 0 Å². The van der Waals surface area contributed by atoms with Crippen LogP contribution >= 0.6 is 0 Å². The van der Waals surface area contributed by atoms with Gasteiger partial charge in [-0.1, -0.05) is 19.9 Å². The highest BCUT2D eigenvalue weighted by atomic mass is 16.7. The molecule has 0 spiro atoms. The number of hydrogen-bond acceptors (Lipinski definition) is 14. The van der Waals surface area contributed by atoms with Crippen LogP contribution < -0.4 is 14.5 Å². The van der Waals surface area contributed by atoms with Crippen molar-refractivity contribution in [2.75, 3.05) is 44.1 Å². The van der Waals surface area contributed by atoms with E-state index in [1.807, 2.05) is 24.9 Å². The van der Waals surface area contributed by atoms with Crippen LogP contribution in [-0.4, -0.2) is 114 Å². The van der Waals surface area contributed by atoms with Crippen molar-refractivity contribution in [2.45, 2.75) is 78.1 Å². The molecule has 4 heterocycles. The van der Waals surface area contributed by atoms with Gasteiger partial charge >= 0.3 is 23.9 Å². The lowest BCUT2D eigenvalue weighted by molar-refractivity contribution is -0.266. The maximum atomic E-state index is 14.3. The predicted molar refractivity (Wildman–Crippen MR) is 192 cm³/mol. The number of ether oxygens (including phenoxy) is 5. The summed E-state index contributed by atoms with van der Waals surface area (Å²) in [5.74, 6) is -2.21. The summed E-state index contributed by atoms with van der Waals surface area (Å²) in [6, 6.07) is 8.13. The molecule has 0 radical (unpaired) electrons. The van der Waals surface area contributed by atoms with E-state index < -0.39 is 54.5 Å². The molecule has 5 rings (SSSR count). The molecule has 2 aliphatic heterocycles. The number of likely N-dealkylation sites (N-methyl/N-ethyl adjacent to an activating group) is 1. The fourth-order valence-corrected chi connectivity index (χ4v) is 7.00. The highest BCUT2D eigenvalue weighted by molar-refractivity contribution is 6.01. The number of anilines is 2. The zero-order chi connectivity index (χ0) is 39.4. The molecule has 2 saturated heterocycles. The second-order valence-electron chi connectivity index (χ2n) is 13.6. The minimum Gasteiger partial charge on any atom is -0.467 e. The van der Waals surface area contributed by atoms with Gasteiger partial charge in [0.1, 0.15) is 24.3 Å². The van der Waals surface area contributed by atoms with Crippen LogP contribution in [0.3, 0.4) is 0 Å². The lowest BCUT2D eigenvalue weighted by atomic mass is 9.90. The topological polar surface area (TPSA) is 196 Å². The largest absolute Gasteiger partial charge is 0.467 e.